The van der Waals surface area contributed by atoms with Crippen molar-refractivity contribution < 1.29 is 9.94 Å². The molecule has 2 aromatic carbocycles. The molecule has 104 valence electrons. The van der Waals surface area contributed by atoms with Gasteiger partial charge in [-0.2, -0.15) is 0 Å². The average Bonchev–Trinajstić information content (AvgIpc) is 2.44. The number of ether oxygens (including phenoxy) is 1. The molecule has 6 heteroatoms. The Hall–Kier alpha value is -1.72. The highest BCUT2D eigenvalue weighted by atomic mass is 79.9. The van der Waals surface area contributed by atoms with Crippen LogP contribution in [0.4, 0.5) is 0 Å². The monoisotopic (exact) mass is 354 g/mol. The van der Waals surface area contributed by atoms with Crippen LogP contribution in [0.15, 0.2) is 46.0 Å². The highest BCUT2D eigenvalue weighted by molar-refractivity contribution is 9.10. The van der Waals surface area contributed by atoms with Gasteiger partial charge in [0.25, 0.3) is 0 Å². The molecule has 0 aromatic heterocycles. The number of aryl methyl sites for hydroxylation is 1. The lowest BCUT2D eigenvalue weighted by atomic mass is 10.2. The Morgan fingerprint density at radius 3 is 2.70 bits per heavy atom. The topological polar surface area (TPSA) is 67.8 Å². The lowest BCUT2D eigenvalue weighted by molar-refractivity contribution is 0.318. The third-order valence-corrected chi connectivity index (χ3v) is 3.81. The maximum atomic E-state index is 8.81. The van der Waals surface area contributed by atoms with E-state index in [1.165, 1.54) is 0 Å². The molecular formula is C14H12BrClN2O2. The molecule has 0 radical (unpaired) electrons. The second kappa shape index (κ2) is 6.15. The van der Waals surface area contributed by atoms with E-state index in [1.54, 1.807) is 18.2 Å². The molecule has 0 aliphatic rings. The maximum absolute atomic E-state index is 8.81. The van der Waals surface area contributed by atoms with Gasteiger partial charge in [-0.05, 0) is 48.9 Å². The molecule has 2 rings (SSSR count). The molecule has 0 atom stereocenters. The zero-order valence-corrected chi connectivity index (χ0v) is 12.9. The molecule has 20 heavy (non-hydrogen) atoms. The molecule has 0 amide bonds. The summed E-state index contributed by atoms with van der Waals surface area (Å²) in [6.07, 6.45) is 0. The van der Waals surface area contributed by atoms with Gasteiger partial charge >= 0.3 is 0 Å². The first-order valence-corrected chi connectivity index (χ1v) is 6.90. The lowest BCUT2D eigenvalue weighted by Crippen LogP contribution is -2.14. The van der Waals surface area contributed by atoms with Crippen molar-refractivity contribution in [1.29, 1.82) is 0 Å². The third kappa shape index (κ3) is 3.23. The van der Waals surface area contributed by atoms with Crippen LogP contribution in [0.5, 0.6) is 11.5 Å². The van der Waals surface area contributed by atoms with Gasteiger partial charge in [0.15, 0.2) is 5.84 Å². The van der Waals surface area contributed by atoms with E-state index >= 15 is 0 Å². The Morgan fingerprint density at radius 2 is 2.05 bits per heavy atom. The van der Waals surface area contributed by atoms with E-state index in [0.717, 1.165) is 10.0 Å². The molecule has 0 spiro atoms. The zero-order valence-electron chi connectivity index (χ0n) is 10.6. The molecule has 2 aromatic rings. The summed E-state index contributed by atoms with van der Waals surface area (Å²) in [4.78, 5) is 0. The Kier molecular flexibility index (Phi) is 4.52. The van der Waals surface area contributed by atoms with Crippen LogP contribution in [-0.4, -0.2) is 11.0 Å². The number of halogens is 2. The van der Waals surface area contributed by atoms with Crippen molar-refractivity contribution in [3.63, 3.8) is 0 Å². The fraction of sp³-hybridized carbons (Fsp3) is 0.0714. The molecule has 4 nitrogen and oxygen atoms in total. The van der Waals surface area contributed by atoms with E-state index in [2.05, 4.69) is 21.1 Å². The summed E-state index contributed by atoms with van der Waals surface area (Å²) in [7, 11) is 0. The maximum Gasteiger partial charge on any atom is 0.173 e. The molecule has 0 bridgehead atoms. The molecule has 3 N–H and O–H groups in total. The predicted molar refractivity (Wildman–Crippen MR) is 82.9 cm³/mol. The SMILES string of the molecule is Cc1cc(Oc2ccc(Cl)cc2/C(N)=N/O)ccc1Br. The van der Waals surface area contributed by atoms with E-state index < -0.39 is 0 Å². The predicted octanol–water partition coefficient (Wildman–Crippen LogP) is 4.30. The number of oxime groups is 1. The Bertz CT molecular complexity index is 674. The van der Waals surface area contributed by atoms with Crippen LogP contribution in [0.2, 0.25) is 5.02 Å². The second-order valence-electron chi connectivity index (χ2n) is 4.14. The highest BCUT2D eigenvalue weighted by Crippen LogP contribution is 2.30. The summed E-state index contributed by atoms with van der Waals surface area (Å²) in [6, 6.07) is 10.5. The highest BCUT2D eigenvalue weighted by Gasteiger charge is 2.11. The molecule has 0 aliphatic heterocycles. The van der Waals surface area contributed by atoms with Gasteiger partial charge in [-0.3, -0.25) is 0 Å². The van der Waals surface area contributed by atoms with Crippen LogP contribution >= 0.6 is 27.5 Å². The van der Waals surface area contributed by atoms with Gasteiger partial charge < -0.3 is 15.7 Å². The molecule has 0 saturated carbocycles. The quantitative estimate of drug-likeness (QED) is 0.373. The first-order valence-electron chi connectivity index (χ1n) is 5.72. The van der Waals surface area contributed by atoms with Gasteiger partial charge in [0, 0.05) is 9.50 Å². The van der Waals surface area contributed by atoms with Gasteiger partial charge in [0.1, 0.15) is 11.5 Å². The number of hydrogen-bond donors (Lipinski definition) is 2. The minimum Gasteiger partial charge on any atom is -0.457 e. The van der Waals surface area contributed by atoms with Crippen LogP contribution in [0, 0.1) is 6.92 Å². The number of nitrogens with two attached hydrogens (primary N) is 1. The van der Waals surface area contributed by atoms with Gasteiger partial charge in [-0.15, -0.1) is 0 Å². The Labute approximate surface area is 129 Å². The molecule has 0 fully saturated rings. The number of hydrogen-bond acceptors (Lipinski definition) is 3. The van der Waals surface area contributed by atoms with Crippen molar-refractivity contribution in [2.24, 2.45) is 10.9 Å². The summed E-state index contributed by atoms with van der Waals surface area (Å²) in [6.45, 7) is 1.96. The molecular weight excluding hydrogens is 344 g/mol. The lowest BCUT2D eigenvalue weighted by Gasteiger charge is -2.11. The van der Waals surface area contributed by atoms with Crippen LogP contribution in [0.25, 0.3) is 0 Å². The largest absolute Gasteiger partial charge is 0.457 e. The summed E-state index contributed by atoms with van der Waals surface area (Å²) >= 11 is 9.34. The van der Waals surface area contributed by atoms with E-state index in [-0.39, 0.29) is 5.84 Å². The zero-order chi connectivity index (χ0) is 14.7. The van der Waals surface area contributed by atoms with E-state index in [9.17, 15) is 0 Å². The smallest absolute Gasteiger partial charge is 0.173 e. The standard InChI is InChI=1S/C14H12BrClN2O2/c1-8-6-10(3-4-12(8)15)20-13-5-2-9(16)7-11(13)14(17)18-19/h2-7,19H,1H3,(H2,17,18). The summed E-state index contributed by atoms with van der Waals surface area (Å²) in [5, 5.41) is 12.3. The Balaban J connectivity index is 2.40. The van der Waals surface area contributed by atoms with Crippen molar-refractivity contribution >= 4 is 33.4 Å². The first-order chi connectivity index (χ1) is 9.51. The molecule has 0 aliphatic carbocycles. The summed E-state index contributed by atoms with van der Waals surface area (Å²) < 4.78 is 6.77. The minimum atomic E-state index is -0.0590. The molecule has 0 heterocycles. The third-order valence-electron chi connectivity index (χ3n) is 2.68. The average molecular weight is 356 g/mol. The van der Waals surface area contributed by atoms with Crippen LogP contribution in [0.1, 0.15) is 11.1 Å². The van der Waals surface area contributed by atoms with E-state index in [1.807, 2.05) is 25.1 Å². The van der Waals surface area contributed by atoms with Gasteiger partial charge in [-0.25, -0.2) is 0 Å². The Morgan fingerprint density at radius 1 is 1.30 bits per heavy atom. The van der Waals surface area contributed by atoms with Crippen LogP contribution in [0.3, 0.4) is 0 Å². The number of amidine groups is 1. The van der Waals surface area contributed by atoms with Crippen molar-refractivity contribution in [1.82, 2.24) is 0 Å². The van der Waals surface area contributed by atoms with Gasteiger partial charge in [0.2, 0.25) is 0 Å². The van der Waals surface area contributed by atoms with Crippen molar-refractivity contribution in [3.8, 4) is 11.5 Å². The van der Waals surface area contributed by atoms with Crippen LogP contribution in [-0.2, 0) is 0 Å². The summed E-state index contributed by atoms with van der Waals surface area (Å²) in [5.41, 5.74) is 7.10. The first kappa shape index (κ1) is 14.7. The number of benzene rings is 2. The molecule has 0 unspecified atom stereocenters. The number of rotatable bonds is 3. The summed E-state index contributed by atoms with van der Waals surface area (Å²) in [5.74, 6) is 1.06. The van der Waals surface area contributed by atoms with Crippen molar-refractivity contribution in [3.05, 3.63) is 57.0 Å². The number of nitrogens with zero attached hydrogens (tertiary/aromatic N) is 1. The minimum absolute atomic E-state index is 0.0590. The van der Waals surface area contributed by atoms with Gasteiger partial charge in [-0.1, -0.05) is 32.7 Å². The fourth-order valence-corrected chi connectivity index (χ4v) is 2.07. The molecule has 0 saturated heterocycles. The normalized spacial score (nSPS) is 11.4. The van der Waals surface area contributed by atoms with Gasteiger partial charge in [0.05, 0.1) is 5.56 Å². The fourth-order valence-electron chi connectivity index (χ4n) is 1.65. The van der Waals surface area contributed by atoms with Crippen LogP contribution < -0.4 is 10.5 Å². The van der Waals surface area contributed by atoms with Crippen molar-refractivity contribution in [2.45, 2.75) is 6.92 Å². The second-order valence-corrected chi connectivity index (χ2v) is 5.43. The van der Waals surface area contributed by atoms with E-state index in [4.69, 9.17) is 27.3 Å². The van der Waals surface area contributed by atoms with E-state index in [0.29, 0.717) is 22.1 Å². The van der Waals surface area contributed by atoms with Crippen molar-refractivity contribution in [2.75, 3.05) is 0 Å².